The molecule has 1 fully saturated rings. The van der Waals surface area contributed by atoms with Crippen LogP contribution in [0.1, 0.15) is 22.6 Å². The summed E-state index contributed by atoms with van der Waals surface area (Å²) in [5, 5.41) is 0.305. The Bertz CT molecular complexity index is 1400. The second-order valence-corrected chi connectivity index (χ2v) is 9.38. The molecule has 6 heteroatoms. The van der Waals surface area contributed by atoms with E-state index in [1.54, 1.807) is 24.3 Å². The summed E-state index contributed by atoms with van der Waals surface area (Å²) >= 11 is 6.38. The fourth-order valence-corrected chi connectivity index (χ4v) is 5.76. The number of carbonyl (C=O) groups excluding carboxylic acids is 3. The number of hydrogen-bond donors (Lipinski definition) is 0. The molecule has 34 heavy (non-hydrogen) atoms. The summed E-state index contributed by atoms with van der Waals surface area (Å²) in [6.45, 7) is 1.93. The third-order valence-corrected chi connectivity index (χ3v) is 7.35. The van der Waals surface area contributed by atoms with Crippen molar-refractivity contribution in [3.05, 3.63) is 101 Å². The Kier molecular flexibility index (Phi) is 4.71. The zero-order chi connectivity index (χ0) is 23.6. The summed E-state index contributed by atoms with van der Waals surface area (Å²) in [6.07, 6.45) is 1.98. The lowest BCUT2D eigenvalue weighted by atomic mass is 9.64. The van der Waals surface area contributed by atoms with Crippen molar-refractivity contribution in [2.75, 3.05) is 4.90 Å². The van der Waals surface area contributed by atoms with E-state index in [1.807, 2.05) is 61.5 Å². The molecule has 0 unspecified atom stereocenters. The molecule has 0 spiro atoms. The van der Waals surface area contributed by atoms with Gasteiger partial charge in [0.1, 0.15) is 5.75 Å². The van der Waals surface area contributed by atoms with Crippen LogP contribution in [0.5, 0.6) is 5.75 Å². The molecule has 1 saturated heterocycles. The molecule has 6 rings (SSSR count). The number of allylic oxidation sites excluding steroid dienone is 1. The number of halogens is 1. The summed E-state index contributed by atoms with van der Waals surface area (Å²) in [6, 6.07) is 22.1. The number of aryl methyl sites for hydroxylation is 1. The Labute approximate surface area is 201 Å². The van der Waals surface area contributed by atoms with Crippen LogP contribution in [0.25, 0.3) is 5.57 Å². The number of fused-ring (bicyclic) bond motifs is 5. The second-order valence-electron chi connectivity index (χ2n) is 8.97. The third-order valence-electron chi connectivity index (χ3n) is 7.03. The molecule has 0 bridgehead atoms. The van der Waals surface area contributed by atoms with Gasteiger partial charge in [-0.3, -0.25) is 14.4 Å². The first-order chi connectivity index (χ1) is 16.5. The molecular weight excluding hydrogens is 450 g/mol. The average molecular weight is 470 g/mol. The maximum atomic E-state index is 13.9. The van der Waals surface area contributed by atoms with E-state index < -0.39 is 29.6 Å². The van der Waals surface area contributed by atoms with Gasteiger partial charge in [0.25, 0.3) is 0 Å². The molecule has 2 heterocycles. The third kappa shape index (κ3) is 2.97. The highest BCUT2D eigenvalue weighted by atomic mass is 35.5. The van der Waals surface area contributed by atoms with Crippen molar-refractivity contribution in [1.82, 2.24) is 0 Å². The maximum absolute atomic E-state index is 13.9. The smallest absolute Gasteiger partial charge is 0.319 e. The quantitative estimate of drug-likeness (QED) is 0.295. The Morgan fingerprint density at radius 3 is 2.32 bits per heavy atom. The predicted octanol–water partition coefficient (Wildman–Crippen LogP) is 5.17. The number of hydrogen-bond acceptors (Lipinski definition) is 4. The van der Waals surface area contributed by atoms with E-state index in [0.29, 0.717) is 16.5 Å². The van der Waals surface area contributed by atoms with Gasteiger partial charge in [0.15, 0.2) is 0 Å². The van der Waals surface area contributed by atoms with Crippen molar-refractivity contribution in [3.8, 4) is 5.75 Å². The van der Waals surface area contributed by atoms with Crippen LogP contribution in [0, 0.1) is 24.7 Å². The summed E-state index contributed by atoms with van der Waals surface area (Å²) in [7, 11) is 0. The van der Waals surface area contributed by atoms with Crippen LogP contribution in [-0.2, 0) is 14.4 Å². The first kappa shape index (κ1) is 20.9. The highest BCUT2D eigenvalue weighted by molar-refractivity contribution is 6.36. The van der Waals surface area contributed by atoms with Gasteiger partial charge >= 0.3 is 5.97 Å². The van der Waals surface area contributed by atoms with E-state index >= 15 is 0 Å². The predicted molar refractivity (Wildman–Crippen MR) is 128 cm³/mol. The minimum Gasteiger partial charge on any atom is -0.425 e. The minimum atomic E-state index is -0.879. The van der Waals surface area contributed by atoms with E-state index in [0.717, 1.165) is 27.2 Å². The first-order valence-electron chi connectivity index (χ1n) is 11.2. The Hall–Kier alpha value is -3.70. The lowest BCUT2D eigenvalue weighted by Crippen LogP contribution is -2.42. The number of benzene rings is 3. The normalized spacial score (nSPS) is 25.3. The number of nitrogens with zero attached hydrogens (tertiary/aromatic N) is 1. The molecular formula is C28H20ClNO4. The molecule has 3 aliphatic rings. The van der Waals surface area contributed by atoms with Crippen LogP contribution in [0.15, 0.2) is 78.9 Å². The lowest BCUT2D eigenvalue weighted by molar-refractivity contribution is -0.142. The highest BCUT2D eigenvalue weighted by Gasteiger charge is 2.60. The number of anilines is 1. The number of para-hydroxylation sites is 1. The Morgan fingerprint density at radius 2 is 1.56 bits per heavy atom. The molecule has 168 valence electrons. The molecule has 0 aromatic heterocycles. The number of ether oxygens (including phenoxy) is 1. The van der Waals surface area contributed by atoms with Crippen molar-refractivity contribution in [3.63, 3.8) is 0 Å². The minimum absolute atomic E-state index is 0.305. The van der Waals surface area contributed by atoms with Crippen molar-refractivity contribution >= 4 is 40.6 Å². The number of rotatable bonds is 2. The lowest BCUT2D eigenvalue weighted by Gasteiger charge is -2.38. The summed E-state index contributed by atoms with van der Waals surface area (Å²) in [4.78, 5) is 42.1. The van der Waals surface area contributed by atoms with Gasteiger partial charge in [-0.25, -0.2) is 4.90 Å². The fraction of sp³-hybridized carbons (Fsp3) is 0.179. The van der Waals surface area contributed by atoms with E-state index in [-0.39, 0.29) is 11.8 Å². The average Bonchev–Trinajstić information content (AvgIpc) is 3.09. The van der Waals surface area contributed by atoms with Crippen LogP contribution in [0.3, 0.4) is 0 Å². The van der Waals surface area contributed by atoms with Crippen molar-refractivity contribution in [2.24, 2.45) is 17.8 Å². The van der Waals surface area contributed by atoms with Gasteiger partial charge in [-0.1, -0.05) is 72.3 Å². The number of carbonyl (C=O) groups is 3. The number of esters is 1. The first-order valence-corrected chi connectivity index (χ1v) is 11.5. The largest absolute Gasteiger partial charge is 0.425 e. The second kappa shape index (κ2) is 7.67. The summed E-state index contributed by atoms with van der Waals surface area (Å²) < 4.78 is 5.69. The maximum Gasteiger partial charge on any atom is 0.319 e. The van der Waals surface area contributed by atoms with Gasteiger partial charge in [0, 0.05) is 11.5 Å². The monoisotopic (exact) mass is 469 g/mol. The van der Waals surface area contributed by atoms with Crippen LogP contribution >= 0.6 is 11.6 Å². The van der Waals surface area contributed by atoms with Gasteiger partial charge < -0.3 is 4.74 Å². The van der Waals surface area contributed by atoms with Crippen LogP contribution in [0.4, 0.5) is 5.69 Å². The Morgan fingerprint density at radius 1 is 0.853 bits per heavy atom. The molecule has 5 nitrogen and oxygen atoms in total. The zero-order valence-corrected chi connectivity index (χ0v) is 19.0. The summed E-state index contributed by atoms with van der Waals surface area (Å²) in [5.41, 5.74) is 3.74. The van der Waals surface area contributed by atoms with Gasteiger partial charge in [0.2, 0.25) is 11.8 Å². The molecule has 0 radical (unpaired) electrons. The van der Waals surface area contributed by atoms with Gasteiger partial charge in [-0.15, -0.1) is 0 Å². The molecule has 0 saturated carbocycles. The SMILES string of the molecule is Cc1ccc2c(c1)OC(=O)[C@@H]1C2=C[C@H](c2ccccc2)[C@@H]2C(=O)N(c3ccccc3Cl)C(=O)[C@H]12. The van der Waals surface area contributed by atoms with Gasteiger partial charge in [-0.2, -0.15) is 0 Å². The molecule has 1 aliphatic carbocycles. The van der Waals surface area contributed by atoms with E-state index in [2.05, 4.69) is 0 Å². The molecule has 2 aliphatic heterocycles. The van der Waals surface area contributed by atoms with E-state index in [4.69, 9.17) is 16.3 Å². The van der Waals surface area contributed by atoms with Gasteiger partial charge in [0.05, 0.1) is 28.5 Å². The van der Waals surface area contributed by atoms with E-state index in [1.165, 1.54) is 0 Å². The van der Waals surface area contributed by atoms with Crippen molar-refractivity contribution in [2.45, 2.75) is 12.8 Å². The van der Waals surface area contributed by atoms with Crippen LogP contribution in [-0.4, -0.2) is 17.8 Å². The van der Waals surface area contributed by atoms with Crippen molar-refractivity contribution < 1.29 is 19.1 Å². The standard InChI is InChI=1S/C28H20ClNO4/c1-15-11-12-17-19-14-18(16-7-3-2-4-8-16)23-25(24(19)28(33)34-22(17)13-15)27(32)30(26(23)31)21-10-6-5-9-20(21)29/h2-14,18,23-25H,1H3/t18-,23+,24-,25+/m1/s1. The van der Waals surface area contributed by atoms with Crippen LogP contribution in [0.2, 0.25) is 5.02 Å². The number of imide groups is 1. The Balaban J connectivity index is 1.57. The topological polar surface area (TPSA) is 63.7 Å². The molecule has 0 N–H and O–H groups in total. The molecule has 3 aromatic carbocycles. The van der Waals surface area contributed by atoms with Crippen molar-refractivity contribution in [1.29, 1.82) is 0 Å². The fourth-order valence-electron chi connectivity index (χ4n) is 5.54. The summed E-state index contributed by atoms with van der Waals surface area (Å²) in [5.74, 6) is -3.65. The molecule has 3 aromatic rings. The highest BCUT2D eigenvalue weighted by Crippen LogP contribution is 2.55. The number of amides is 2. The zero-order valence-electron chi connectivity index (χ0n) is 18.3. The molecule has 4 atom stereocenters. The van der Waals surface area contributed by atoms with Crippen LogP contribution < -0.4 is 9.64 Å². The van der Waals surface area contributed by atoms with E-state index in [9.17, 15) is 14.4 Å². The van der Waals surface area contributed by atoms with Gasteiger partial charge in [-0.05, 0) is 41.8 Å². The molecule has 2 amide bonds.